The second kappa shape index (κ2) is 7.40. The van der Waals surface area contributed by atoms with E-state index < -0.39 is 0 Å². The third-order valence-electron chi connectivity index (χ3n) is 4.67. The second-order valence-corrected chi connectivity index (χ2v) is 6.14. The van der Waals surface area contributed by atoms with Crippen LogP contribution in [0.25, 0.3) is 0 Å². The molecular formula is C20H25NO2. The maximum atomic E-state index is 5.44. The van der Waals surface area contributed by atoms with E-state index in [4.69, 9.17) is 9.47 Å². The molecule has 3 rings (SSSR count). The molecule has 0 atom stereocenters. The molecule has 1 N–H and O–H groups in total. The zero-order chi connectivity index (χ0) is 16.1. The fourth-order valence-corrected chi connectivity index (χ4v) is 3.36. The Morgan fingerprint density at radius 1 is 0.826 bits per heavy atom. The molecule has 0 bridgehead atoms. The molecular weight excluding hydrogens is 286 g/mol. The van der Waals surface area contributed by atoms with Crippen molar-refractivity contribution in [1.29, 1.82) is 0 Å². The van der Waals surface area contributed by atoms with Gasteiger partial charge in [-0.25, -0.2) is 0 Å². The Hall–Kier alpha value is -2.16. The van der Waals surface area contributed by atoms with Gasteiger partial charge in [0.05, 0.1) is 14.2 Å². The van der Waals surface area contributed by atoms with Crippen molar-refractivity contribution in [2.24, 2.45) is 0 Å². The molecule has 3 nitrogen and oxygen atoms in total. The van der Waals surface area contributed by atoms with Crippen molar-refractivity contribution in [3.63, 3.8) is 0 Å². The van der Waals surface area contributed by atoms with Gasteiger partial charge in [-0.05, 0) is 66.8 Å². The number of nitrogens with one attached hydrogen (secondary N) is 1. The van der Waals surface area contributed by atoms with Gasteiger partial charge in [-0.2, -0.15) is 0 Å². The molecule has 1 aliphatic rings. The largest absolute Gasteiger partial charge is 0.497 e. The normalized spacial score (nSPS) is 15.2. The highest BCUT2D eigenvalue weighted by molar-refractivity contribution is 5.65. The van der Waals surface area contributed by atoms with Crippen molar-refractivity contribution in [2.45, 2.75) is 38.0 Å². The number of hydrogen-bond acceptors (Lipinski definition) is 3. The summed E-state index contributed by atoms with van der Waals surface area (Å²) >= 11 is 0. The highest BCUT2D eigenvalue weighted by atomic mass is 16.5. The number of methoxy groups -OCH3 is 2. The van der Waals surface area contributed by atoms with Crippen LogP contribution in [0.4, 0.5) is 11.4 Å². The smallest absolute Gasteiger partial charge is 0.119 e. The number of benzene rings is 2. The number of ether oxygens (including phenoxy) is 2. The summed E-state index contributed by atoms with van der Waals surface area (Å²) in [5, 5.41) is 3.56. The maximum absolute atomic E-state index is 5.44. The van der Waals surface area contributed by atoms with Crippen LogP contribution in [0.1, 0.15) is 43.6 Å². The molecule has 0 aromatic heterocycles. The molecule has 0 aliphatic heterocycles. The lowest BCUT2D eigenvalue weighted by molar-refractivity contribution is 0.410. The van der Waals surface area contributed by atoms with Crippen LogP contribution in [0.5, 0.6) is 11.5 Å². The first-order valence-corrected chi connectivity index (χ1v) is 8.39. The van der Waals surface area contributed by atoms with E-state index in [-0.39, 0.29) is 0 Å². The van der Waals surface area contributed by atoms with Crippen molar-refractivity contribution >= 4 is 11.4 Å². The lowest BCUT2D eigenvalue weighted by Gasteiger charge is -2.25. The van der Waals surface area contributed by atoms with Crippen molar-refractivity contribution in [2.75, 3.05) is 19.5 Å². The number of rotatable bonds is 5. The fraction of sp³-hybridized carbons (Fsp3) is 0.400. The summed E-state index contributed by atoms with van der Waals surface area (Å²) in [5.74, 6) is 2.43. The molecule has 0 amide bonds. The zero-order valence-electron chi connectivity index (χ0n) is 14.0. The standard InChI is InChI=1S/C20H25NO2/c1-22-17-10-8-16(9-11-17)21-20-13-12-18(23-2)14-19(20)15-6-4-3-5-7-15/h8-15,21H,3-7H2,1-2H3. The Morgan fingerprint density at radius 3 is 2.13 bits per heavy atom. The maximum Gasteiger partial charge on any atom is 0.119 e. The van der Waals surface area contributed by atoms with Gasteiger partial charge in [0, 0.05) is 11.4 Å². The quantitative estimate of drug-likeness (QED) is 0.791. The van der Waals surface area contributed by atoms with Gasteiger partial charge in [-0.1, -0.05) is 19.3 Å². The molecule has 0 unspecified atom stereocenters. The van der Waals surface area contributed by atoms with Gasteiger partial charge in [-0.3, -0.25) is 0 Å². The fourth-order valence-electron chi connectivity index (χ4n) is 3.36. The molecule has 0 radical (unpaired) electrons. The van der Waals surface area contributed by atoms with Gasteiger partial charge in [0.1, 0.15) is 11.5 Å². The zero-order valence-corrected chi connectivity index (χ0v) is 14.0. The Morgan fingerprint density at radius 2 is 1.48 bits per heavy atom. The van der Waals surface area contributed by atoms with Crippen molar-refractivity contribution in [1.82, 2.24) is 0 Å². The Bertz CT molecular complexity index is 631. The van der Waals surface area contributed by atoms with E-state index >= 15 is 0 Å². The minimum atomic E-state index is 0.625. The molecule has 2 aromatic carbocycles. The first kappa shape index (κ1) is 15.7. The summed E-state index contributed by atoms with van der Waals surface area (Å²) in [4.78, 5) is 0. The molecule has 1 aliphatic carbocycles. The van der Waals surface area contributed by atoms with Gasteiger partial charge in [-0.15, -0.1) is 0 Å². The van der Waals surface area contributed by atoms with Crippen LogP contribution in [0.15, 0.2) is 42.5 Å². The third kappa shape index (κ3) is 3.79. The molecule has 2 aromatic rings. The van der Waals surface area contributed by atoms with Gasteiger partial charge in [0.25, 0.3) is 0 Å². The van der Waals surface area contributed by atoms with Crippen LogP contribution in [-0.4, -0.2) is 14.2 Å². The summed E-state index contributed by atoms with van der Waals surface area (Å²) in [5.41, 5.74) is 3.63. The predicted molar refractivity (Wildman–Crippen MR) is 95.1 cm³/mol. The van der Waals surface area contributed by atoms with Crippen LogP contribution in [0, 0.1) is 0 Å². The van der Waals surface area contributed by atoms with E-state index in [1.807, 2.05) is 30.3 Å². The SMILES string of the molecule is COc1ccc(Nc2ccc(OC)cc2C2CCCCC2)cc1. The van der Waals surface area contributed by atoms with Gasteiger partial charge < -0.3 is 14.8 Å². The van der Waals surface area contributed by atoms with E-state index in [2.05, 4.69) is 17.4 Å². The molecule has 0 saturated heterocycles. The average Bonchev–Trinajstić information content (AvgIpc) is 2.63. The number of hydrogen-bond donors (Lipinski definition) is 1. The summed E-state index contributed by atoms with van der Waals surface area (Å²) in [7, 11) is 3.42. The van der Waals surface area contributed by atoms with Crippen molar-refractivity contribution < 1.29 is 9.47 Å². The number of anilines is 2. The van der Waals surface area contributed by atoms with E-state index in [1.165, 1.54) is 43.4 Å². The first-order valence-electron chi connectivity index (χ1n) is 8.39. The first-order chi connectivity index (χ1) is 11.3. The van der Waals surface area contributed by atoms with Gasteiger partial charge in [0.2, 0.25) is 0 Å². The van der Waals surface area contributed by atoms with Crippen LogP contribution >= 0.6 is 0 Å². The summed E-state index contributed by atoms with van der Waals surface area (Å²) in [6.45, 7) is 0. The van der Waals surface area contributed by atoms with E-state index in [1.54, 1.807) is 14.2 Å². The molecule has 1 saturated carbocycles. The molecule has 3 heteroatoms. The second-order valence-electron chi connectivity index (χ2n) is 6.14. The molecule has 1 fully saturated rings. The topological polar surface area (TPSA) is 30.5 Å². The van der Waals surface area contributed by atoms with E-state index in [0.29, 0.717) is 5.92 Å². The summed E-state index contributed by atoms with van der Waals surface area (Å²) in [6.07, 6.45) is 6.55. The lowest BCUT2D eigenvalue weighted by Crippen LogP contribution is -2.07. The molecule has 23 heavy (non-hydrogen) atoms. The highest BCUT2D eigenvalue weighted by Gasteiger charge is 2.19. The van der Waals surface area contributed by atoms with Crippen LogP contribution in [-0.2, 0) is 0 Å². The average molecular weight is 311 g/mol. The van der Waals surface area contributed by atoms with E-state index in [0.717, 1.165) is 17.2 Å². The molecule has 0 heterocycles. The van der Waals surface area contributed by atoms with Crippen LogP contribution in [0.3, 0.4) is 0 Å². The third-order valence-corrected chi connectivity index (χ3v) is 4.67. The van der Waals surface area contributed by atoms with Gasteiger partial charge >= 0.3 is 0 Å². The highest BCUT2D eigenvalue weighted by Crippen LogP contribution is 2.39. The lowest BCUT2D eigenvalue weighted by atomic mass is 9.83. The predicted octanol–water partition coefficient (Wildman–Crippen LogP) is 5.50. The summed E-state index contributed by atoms with van der Waals surface area (Å²) in [6, 6.07) is 14.4. The minimum Gasteiger partial charge on any atom is -0.497 e. The summed E-state index contributed by atoms with van der Waals surface area (Å²) < 4.78 is 10.7. The minimum absolute atomic E-state index is 0.625. The van der Waals surface area contributed by atoms with Crippen molar-refractivity contribution in [3.8, 4) is 11.5 Å². The van der Waals surface area contributed by atoms with Crippen LogP contribution < -0.4 is 14.8 Å². The Labute approximate surface area is 138 Å². The van der Waals surface area contributed by atoms with Gasteiger partial charge in [0.15, 0.2) is 0 Å². The molecule has 122 valence electrons. The van der Waals surface area contributed by atoms with Crippen molar-refractivity contribution in [3.05, 3.63) is 48.0 Å². The molecule has 0 spiro atoms. The van der Waals surface area contributed by atoms with E-state index in [9.17, 15) is 0 Å². The monoisotopic (exact) mass is 311 g/mol. The Kier molecular flexibility index (Phi) is 5.06. The van der Waals surface area contributed by atoms with Crippen LogP contribution in [0.2, 0.25) is 0 Å². The Balaban J connectivity index is 1.87.